The average molecular weight is 179 g/mol. The highest BCUT2D eigenvalue weighted by atomic mass is 17.0. The third-order valence-electron chi connectivity index (χ3n) is 1.98. The molecular weight excluding hydrogens is 166 g/mol. The van der Waals surface area contributed by atoms with Gasteiger partial charge in [0.1, 0.15) is 0 Å². The summed E-state index contributed by atoms with van der Waals surface area (Å²) in [7, 11) is 0. The highest BCUT2D eigenvalue weighted by molar-refractivity contribution is 5.14. The summed E-state index contributed by atoms with van der Waals surface area (Å²) in [4.78, 5) is 10.4. The van der Waals surface area contributed by atoms with Crippen molar-refractivity contribution in [2.45, 2.75) is 6.42 Å². The van der Waals surface area contributed by atoms with Crippen LogP contribution in [0.15, 0.2) is 30.3 Å². The molecule has 0 spiro atoms. The predicted molar refractivity (Wildman–Crippen MR) is 48.8 cm³/mol. The smallest absolute Gasteiger partial charge is 0.0966 e. The Labute approximate surface area is 77.8 Å². The van der Waals surface area contributed by atoms with Crippen LogP contribution in [0, 0.1) is 0 Å². The third-order valence-corrected chi connectivity index (χ3v) is 1.98. The van der Waals surface area contributed by atoms with Crippen LogP contribution in [0.3, 0.4) is 0 Å². The lowest BCUT2D eigenvalue weighted by atomic mass is 10.2. The van der Waals surface area contributed by atoms with Gasteiger partial charge in [0, 0.05) is 0 Å². The second kappa shape index (κ2) is 4.37. The molecule has 3 heteroatoms. The minimum absolute atomic E-state index is 0.675. The maximum absolute atomic E-state index is 5.19. The molecular formula is C10H13NO2. The van der Waals surface area contributed by atoms with E-state index in [0.29, 0.717) is 13.2 Å². The fourth-order valence-corrected chi connectivity index (χ4v) is 1.31. The second-order valence-corrected chi connectivity index (χ2v) is 2.96. The molecule has 13 heavy (non-hydrogen) atoms. The van der Waals surface area contributed by atoms with Crippen LogP contribution in [-0.4, -0.2) is 25.0 Å². The van der Waals surface area contributed by atoms with E-state index in [1.54, 1.807) is 5.23 Å². The molecule has 3 nitrogen and oxygen atoms in total. The van der Waals surface area contributed by atoms with E-state index < -0.39 is 0 Å². The Morgan fingerprint density at radius 1 is 1.08 bits per heavy atom. The summed E-state index contributed by atoms with van der Waals surface area (Å²) in [6.07, 6.45) is 0.959. The van der Waals surface area contributed by atoms with Crippen molar-refractivity contribution in [3.05, 3.63) is 35.9 Å². The molecule has 1 fully saturated rings. The van der Waals surface area contributed by atoms with Crippen LogP contribution < -0.4 is 0 Å². The minimum Gasteiger partial charge on any atom is -0.272 e. The largest absolute Gasteiger partial charge is 0.272 e. The van der Waals surface area contributed by atoms with Gasteiger partial charge in [-0.1, -0.05) is 35.6 Å². The van der Waals surface area contributed by atoms with Crippen LogP contribution in [0.5, 0.6) is 0 Å². The molecule has 0 saturated carbocycles. The molecule has 1 saturated heterocycles. The van der Waals surface area contributed by atoms with Gasteiger partial charge in [0.15, 0.2) is 0 Å². The Balaban J connectivity index is 1.79. The molecule has 0 aliphatic carbocycles. The molecule has 1 aliphatic heterocycles. The predicted octanol–water partition coefficient (Wildman–Crippen LogP) is 1.41. The van der Waals surface area contributed by atoms with Gasteiger partial charge in [-0.25, -0.2) is 0 Å². The van der Waals surface area contributed by atoms with Gasteiger partial charge in [-0.15, -0.1) is 0 Å². The van der Waals surface area contributed by atoms with Crippen LogP contribution >= 0.6 is 0 Å². The van der Waals surface area contributed by atoms with E-state index in [-0.39, 0.29) is 0 Å². The molecule has 1 aromatic carbocycles. The van der Waals surface area contributed by atoms with E-state index in [0.717, 1.165) is 13.0 Å². The number of rotatable bonds is 3. The average Bonchev–Trinajstić information content (AvgIpc) is 2.69. The first-order chi connectivity index (χ1) is 6.45. The van der Waals surface area contributed by atoms with Crippen LogP contribution in [0.25, 0.3) is 0 Å². The fourth-order valence-electron chi connectivity index (χ4n) is 1.31. The van der Waals surface area contributed by atoms with E-state index >= 15 is 0 Å². The maximum Gasteiger partial charge on any atom is 0.0966 e. The van der Waals surface area contributed by atoms with E-state index in [9.17, 15) is 0 Å². The molecule has 1 aliphatic rings. The molecule has 2 rings (SSSR count). The number of nitrogens with zero attached hydrogens (tertiary/aromatic N) is 1. The van der Waals surface area contributed by atoms with Crippen molar-refractivity contribution in [3.8, 4) is 0 Å². The molecule has 0 bridgehead atoms. The molecule has 0 radical (unpaired) electrons. The van der Waals surface area contributed by atoms with Gasteiger partial charge in [-0.05, 0) is 12.0 Å². The number of hydrogen-bond donors (Lipinski definition) is 0. The van der Waals surface area contributed by atoms with E-state index in [1.807, 2.05) is 18.2 Å². The molecule has 1 aromatic rings. The standard InChI is InChI=1S/C10H13NO2/c1-2-4-10(5-3-1)6-7-11-12-8-9-13-11/h1-5H,6-9H2. The lowest BCUT2D eigenvalue weighted by molar-refractivity contribution is -0.297. The van der Waals surface area contributed by atoms with Gasteiger partial charge in [0.05, 0.1) is 19.8 Å². The Hall–Kier alpha value is -0.900. The Morgan fingerprint density at radius 2 is 1.77 bits per heavy atom. The summed E-state index contributed by atoms with van der Waals surface area (Å²) < 4.78 is 0. The quantitative estimate of drug-likeness (QED) is 0.700. The minimum atomic E-state index is 0.675. The molecule has 0 atom stereocenters. The zero-order chi connectivity index (χ0) is 8.93. The molecule has 0 aromatic heterocycles. The normalized spacial score (nSPS) is 17.8. The Morgan fingerprint density at radius 3 is 2.46 bits per heavy atom. The zero-order valence-electron chi connectivity index (χ0n) is 7.48. The zero-order valence-corrected chi connectivity index (χ0v) is 7.48. The summed E-state index contributed by atoms with van der Waals surface area (Å²) in [6.45, 7) is 2.15. The summed E-state index contributed by atoms with van der Waals surface area (Å²) in [6, 6.07) is 10.3. The van der Waals surface area contributed by atoms with E-state index in [4.69, 9.17) is 9.68 Å². The molecule has 0 unspecified atom stereocenters. The van der Waals surface area contributed by atoms with Crippen molar-refractivity contribution in [1.82, 2.24) is 5.23 Å². The van der Waals surface area contributed by atoms with Gasteiger partial charge >= 0.3 is 0 Å². The molecule has 70 valence electrons. The van der Waals surface area contributed by atoms with Gasteiger partial charge in [0.2, 0.25) is 0 Å². The lowest BCUT2D eigenvalue weighted by Gasteiger charge is -2.11. The first kappa shape index (κ1) is 8.69. The number of hydroxylamine groups is 2. The molecule has 1 heterocycles. The summed E-state index contributed by atoms with van der Waals surface area (Å²) in [5.74, 6) is 0. The van der Waals surface area contributed by atoms with Crippen LogP contribution in [-0.2, 0) is 16.1 Å². The van der Waals surface area contributed by atoms with Gasteiger partial charge in [-0.2, -0.15) is 0 Å². The van der Waals surface area contributed by atoms with E-state index in [1.165, 1.54) is 5.56 Å². The first-order valence-corrected chi connectivity index (χ1v) is 4.52. The van der Waals surface area contributed by atoms with Crippen molar-refractivity contribution in [1.29, 1.82) is 0 Å². The highest BCUT2D eigenvalue weighted by Crippen LogP contribution is 2.05. The first-order valence-electron chi connectivity index (χ1n) is 4.52. The Bertz CT molecular complexity index is 244. The summed E-state index contributed by atoms with van der Waals surface area (Å²) in [5.41, 5.74) is 1.31. The fraction of sp³-hybridized carbons (Fsp3) is 0.400. The molecule has 0 amide bonds. The number of hydrogen-bond acceptors (Lipinski definition) is 3. The van der Waals surface area contributed by atoms with E-state index in [2.05, 4.69) is 12.1 Å². The Kier molecular flexibility index (Phi) is 2.92. The topological polar surface area (TPSA) is 21.7 Å². The molecule has 0 N–H and O–H groups in total. The summed E-state index contributed by atoms with van der Waals surface area (Å²) in [5, 5.41) is 1.56. The van der Waals surface area contributed by atoms with Crippen molar-refractivity contribution < 1.29 is 9.68 Å². The van der Waals surface area contributed by atoms with Crippen molar-refractivity contribution in [3.63, 3.8) is 0 Å². The highest BCUT2D eigenvalue weighted by Gasteiger charge is 2.12. The van der Waals surface area contributed by atoms with Crippen molar-refractivity contribution in [2.24, 2.45) is 0 Å². The van der Waals surface area contributed by atoms with Gasteiger partial charge in [0.25, 0.3) is 0 Å². The summed E-state index contributed by atoms with van der Waals surface area (Å²) >= 11 is 0. The third kappa shape index (κ3) is 2.52. The lowest BCUT2D eigenvalue weighted by Crippen LogP contribution is -2.19. The number of benzene rings is 1. The monoisotopic (exact) mass is 179 g/mol. The van der Waals surface area contributed by atoms with Crippen molar-refractivity contribution >= 4 is 0 Å². The maximum atomic E-state index is 5.19. The second-order valence-electron chi connectivity index (χ2n) is 2.96. The van der Waals surface area contributed by atoms with Crippen LogP contribution in [0.4, 0.5) is 0 Å². The SMILES string of the molecule is c1ccc(CCN2OCCO2)cc1. The van der Waals surface area contributed by atoms with Gasteiger partial charge < -0.3 is 0 Å². The van der Waals surface area contributed by atoms with Crippen molar-refractivity contribution in [2.75, 3.05) is 19.8 Å². The van der Waals surface area contributed by atoms with Crippen LogP contribution in [0.2, 0.25) is 0 Å². The van der Waals surface area contributed by atoms with Gasteiger partial charge in [-0.3, -0.25) is 9.68 Å². The van der Waals surface area contributed by atoms with Crippen LogP contribution in [0.1, 0.15) is 5.56 Å².